The van der Waals surface area contributed by atoms with E-state index < -0.39 is 46.9 Å². The third kappa shape index (κ3) is 9.10. The number of benzene rings is 1. The molecule has 0 bridgehead atoms. The first-order valence-electron chi connectivity index (χ1n) is 18.8. The van der Waals surface area contributed by atoms with Gasteiger partial charge in [0.25, 0.3) is 5.91 Å². The number of aryl methyl sites for hydroxylation is 1. The van der Waals surface area contributed by atoms with Crippen LogP contribution in [0, 0.1) is 12.8 Å². The molecule has 0 radical (unpaired) electrons. The Bertz CT molecular complexity index is 1570. The number of carbonyl (C=O) groups is 4. The van der Waals surface area contributed by atoms with Gasteiger partial charge in [-0.1, -0.05) is 68.8 Å². The molecule has 1 aromatic carbocycles. The Labute approximate surface area is 312 Å². The van der Waals surface area contributed by atoms with Gasteiger partial charge in [0.15, 0.2) is 5.60 Å². The number of likely N-dealkylation sites (tertiary alicyclic amines) is 1. The van der Waals surface area contributed by atoms with Gasteiger partial charge in [0.1, 0.15) is 17.8 Å². The number of methoxy groups -OCH3 is 2. The predicted octanol–water partition coefficient (Wildman–Crippen LogP) is 5.12. The molecule has 3 fully saturated rings. The topological polar surface area (TPSA) is 148 Å². The molecule has 0 aromatic heterocycles. The quantitative estimate of drug-likeness (QED) is 0.198. The van der Waals surface area contributed by atoms with Gasteiger partial charge < -0.3 is 35.2 Å². The van der Waals surface area contributed by atoms with E-state index in [4.69, 9.17) is 25.9 Å². The van der Waals surface area contributed by atoms with E-state index in [2.05, 4.69) is 27.7 Å². The molecule has 52 heavy (non-hydrogen) atoms. The van der Waals surface area contributed by atoms with Crippen LogP contribution in [0.2, 0.25) is 5.02 Å². The first-order chi connectivity index (χ1) is 24.7. The maximum absolute atomic E-state index is 14.8. The Morgan fingerprint density at radius 1 is 1.12 bits per heavy atom. The Hall–Kier alpha value is -3.64. The van der Waals surface area contributed by atoms with Gasteiger partial charge in [-0.05, 0) is 70.1 Å². The van der Waals surface area contributed by atoms with Crippen LogP contribution in [0.25, 0.3) is 0 Å². The lowest BCUT2D eigenvalue weighted by Crippen LogP contribution is -2.61. The second kappa shape index (κ2) is 16.6. The van der Waals surface area contributed by atoms with Crippen LogP contribution >= 0.6 is 11.6 Å². The number of allylic oxidation sites excluding steroid dienone is 1. The molecule has 5 rings (SSSR count). The highest BCUT2D eigenvalue weighted by atomic mass is 35.5. The van der Waals surface area contributed by atoms with Gasteiger partial charge in [-0.3, -0.25) is 19.2 Å². The fourth-order valence-corrected chi connectivity index (χ4v) is 7.92. The molecule has 1 aromatic rings. The lowest BCUT2D eigenvalue weighted by atomic mass is 9.86. The average molecular weight is 742 g/mol. The molecular weight excluding hydrogens is 686 g/mol. The van der Waals surface area contributed by atoms with Crippen LogP contribution in [0.3, 0.4) is 0 Å². The second-order valence-corrected chi connectivity index (χ2v) is 16.0. The van der Waals surface area contributed by atoms with Crippen molar-refractivity contribution in [3.05, 3.63) is 40.6 Å². The summed E-state index contributed by atoms with van der Waals surface area (Å²) in [6.07, 6.45) is 9.53. The Kier molecular flexibility index (Phi) is 12.6. The number of hydrogen-bond acceptors (Lipinski definition) is 9. The number of Topliss-reactive ketones (excluding diaryl/α,β-unsaturated/α-hetero) is 1. The van der Waals surface area contributed by atoms with Crippen molar-refractivity contribution in [1.29, 1.82) is 0 Å². The Morgan fingerprint density at radius 2 is 1.83 bits per heavy atom. The number of amides is 3. The lowest BCUT2D eigenvalue weighted by Gasteiger charge is -2.38. The molecule has 12 nitrogen and oxygen atoms in total. The zero-order chi connectivity index (χ0) is 37.8. The predicted molar refractivity (Wildman–Crippen MR) is 199 cm³/mol. The van der Waals surface area contributed by atoms with E-state index in [0.29, 0.717) is 35.2 Å². The Balaban J connectivity index is 1.42. The zero-order valence-corrected chi connectivity index (χ0v) is 32.3. The third-order valence-electron chi connectivity index (χ3n) is 11.1. The van der Waals surface area contributed by atoms with E-state index in [1.165, 1.54) is 24.2 Å². The van der Waals surface area contributed by atoms with Gasteiger partial charge in [-0.2, -0.15) is 0 Å². The van der Waals surface area contributed by atoms with Crippen LogP contribution in [0.4, 0.5) is 0 Å². The summed E-state index contributed by atoms with van der Waals surface area (Å²) in [5.41, 5.74) is 1.03. The monoisotopic (exact) mass is 741 g/mol. The summed E-state index contributed by atoms with van der Waals surface area (Å²) in [5, 5.41) is 13.9. The zero-order valence-electron chi connectivity index (χ0n) is 31.6. The van der Waals surface area contributed by atoms with Crippen molar-refractivity contribution >= 4 is 40.8 Å². The molecular formula is C39H56ClN5O7. The van der Waals surface area contributed by atoms with E-state index in [1.54, 1.807) is 20.3 Å². The fraction of sp³-hybridized carbons (Fsp3) is 0.667. The highest BCUT2D eigenvalue weighted by molar-refractivity contribution is 6.38. The van der Waals surface area contributed by atoms with Crippen molar-refractivity contribution in [1.82, 2.24) is 20.9 Å². The number of halogens is 1. The maximum atomic E-state index is 14.8. The van der Waals surface area contributed by atoms with E-state index in [-0.39, 0.29) is 31.3 Å². The molecule has 286 valence electrons. The summed E-state index contributed by atoms with van der Waals surface area (Å²) >= 11 is 6.50. The molecule has 13 heteroatoms. The summed E-state index contributed by atoms with van der Waals surface area (Å²) in [6, 6.07) is 0.664. The van der Waals surface area contributed by atoms with E-state index in [0.717, 1.165) is 48.9 Å². The van der Waals surface area contributed by atoms with Crippen LogP contribution in [-0.4, -0.2) is 90.3 Å². The summed E-state index contributed by atoms with van der Waals surface area (Å²) in [4.78, 5) is 62.9. The number of nitrogens with zero attached hydrogens (tertiary/aromatic N) is 2. The third-order valence-corrected chi connectivity index (χ3v) is 11.4. The minimum atomic E-state index is -1.04. The van der Waals surface area contributed by atoms with Crippen molar-refractivity contribution in [2.75, 3.05) is 20.8 Å². The molecule has 2 aliphatic heterocycles. The van der Waals surface area contributed by atoms with Gasteiger partial charge in [-0.15, -0.1) is 0 Å². The fourth-order valence-electron chi connectivity index (χ4n) is 7.68. The van der Waals surface area contributed by atoms with Crippen LogP contribution in [0.15, 0.2) is 29.6 Å². The van der Waals surface area contributed by atoms with Crippen LogP contribution in [0.5, 0.6) is 5.75 Å². The smallest absolute Gasteiger partial charge is 0.289 e. The normalized spacial score (nSPS) is 23.0. The molecule has 2 aliphatic carbocycles. The van der Waals surface area contributed by atoms with E-state index >= 15 is 0 Å². The Morgan fingerprint density at radius 3 is 2.46 bits per heavy atom. The molecule has 4 atom stereocenters. The SMILES string of the molecule is C=C(CC1CCCCC1)N[C@H](C(=O)N1C[C@@]2(CC(c3cc(Cl)c(OC)cc3C)=NO2)C[C@H]1C(=O)N[C@@H](CCC)C(=O)C(=O)NC1CC1)C(C)(C)OC. The first-order valence-corrected chi connectivity index (χ1v) is 19.1. The number of oxime groups is 1. The molecule has 3 N–H and O–H groups in total. The second-order valence-electron chi connectivity index (χ2n) is 15.6. The summed E-state index contributed by atoms with van der Waals surface area (Å²) in [7, 11) is 3.11. The first kappa shape index (κ1) is 39.6. The van der Waals surface area contributed by atoms with Gasteiger partial charge in [0.05, 0.1) is 36.0 Å². The van der Waals surface area contributed by atoms with E-state index in [1.807, 2.05) is 33.8 Å². The lowest BCUT2D eigenvalue weighted by molar-refractivity contribution is -0.147. The highest BCUT2D eigenvalue weighted by Gasteiger charge is 2.56. The van der Waals surface area contributed by atoms with Crippen molar-refractivity contribution in [3.63, 3.8) is 0 Å². The number of ether oxygens (including phenoxy) is 2. The standard InChI is InChI=1S/C39H56ClN5O7/c1-8-12-29(33(46)36(48)42-26-15-16-26)43-35(47)31-21-39(20-30(44-52-39)27-19-28(40)32(50-6)17-23(27)2)22-45(31)37(49)34(38(4,5)51-7)41-24(3)18-25-13-10-9-11-14-25/h17,19,25-26,29,31,34,41H,3,8-16,18,20-22H2,1-2,4-7H3,(H,42,48)(H,43,47)/t29-,31-,34+,39+/m0/s1. The highest BCUT2D eigenvalue weighted by Crippen LogP contribution is 2.41. The number of hydrogen-bond donors (Lipinski definition) is 3. The summed E-state index contributed by atoms with van der Waals surface area (Å²) in [6.45, 7) is 11.8. The largest absolute Gasteiger partial charge is 0.495 e. The molecule has 3 amide bonds. The number of rotatable bonds is 16. The van der Waals surface area contributed by atoms with Crippen molar-refractivity contribution in [2.24, 2.45) is 11.1 Å². The average Bonchev–Trinajstić information content (AvgIpc) is 3.72. The molecule has 0 unspecified atom stereocenters. The molecule has 1 saturated heterocycles. The minimum absolute atomic E-state index is 0.00315. The number of ketones is 1. The van der Waals surface area contributed by atoms with Crippen LogP contribution in [0.1, 0.15) is 109 Å². The van der Waals surface area contributed by atoms with Crippen molar-refractivity contribution in [3.8, 4) is 5.75 Å². The van der Waals surface area contributed by atoms with Crippen LogP contribution < -0.4 is 20.7 Å². The van der Waals surface area contributed by atoms with Gasteiger partial charge in [0, 0.05) is 37.3 Å². The van der Waals surface area contributed by atoms with Crippen molar-refractivity contribution in [2.45, 2.75) is 140 Å². The molecule has 2 heterocycles. The van der Waals surface area contributed by atoms with Gasteiger partial charge in [0.2, 0.25) is 17.6 Å². The molecule has 2 saturated carbocycles. The minimum Gasteiger partial charge on any atom is -0.495 e. The molecule has 4 aliphatic rings. The van der Waals surface area contributed by atoms with Crippen LogP contribution in [-0.2, 0) is 28.8 Å². The van der Waals surface area contributed by atoms with Crippen molar-refractivity contribution < 1.29 is 33.5 Å². The number of carbonyl (C=O) groups excluding carboxylic acids is 4. The summed E-state index contributed by atoms with van der Waals surface area (Å²) in [5.74, 6) is -1.26. The number of nitrogens with one attached hydrogen (secondary N) is 3. The van der Waals surface area contributed by atoms with Gasteiger partial charge in [-0.25, -0.2) is 0 Å². The van der Waals surface area contributed by atoms with Gasteiger partial charge >= 0.3 is 0 Å². The van der Waals surface area contributed by atoms with E-state index in [9.17, 15) is 19.2 Å². The molecule has 1 spiro atoms. The maximum Gasteiger partial charge on any atom is 0.289 e. The summed E-state index contributed by atoms with van der Waals surface area (Å²) < 4.78 is 11.3.